The number of imidazole rings is 1. The highest BCUT2D eigenvalue weighted by Crippen LogP contribution is 2.20. The van der Waals surface area contributed by atoms with Gasteiger partial charge < -0.3 is 0 Å². The van der Waals surface area contributed by atoms with Crippen LogP contribution in [0, 0.1) is 10.1 Å². The van der Waals surface area contributed by atoms with Crippen LogP contribution in [0.1, 0.15) is 12.6 Å². The van der Waals surface area contributed by atoms with Crippen molar-refractivity contribution < 1.29 is 4.92 Å². The first-order chi connectivity index (χ1) is 7.59. The summed E-state index contributed by atoms with van der Waals surface area (Å²) in [5.41, 5.74) is 1.20. The Hall–Kier alpha value is -1.88. The van der Waals surface area contributed by atoms with Crippen LogP contribution in [0.15, 0.2) is 30.1 Å². The summed E-state index contributed by atoms with van der Waals surface area (Å²) in [5, 5.41) is 10.8. The molecule has 0 atom stereocenters. The molecule has 6 heteroatoms. The van der Waals surface area contributed by atoms with Crippen LogP contribution in [-0.4, -0.2) is 14.3 Å². The average molecular weight is 238 g/mol. The SMILES string of the molecule is CC(=Cc1c(Cl)nc2ccccn12)[N+](=O)[O-]. The fourth-order valence-corrected chi connectivity index (χ4v) is 1.60. The molecule has 2 rings (SSSR count). The number of nitro groups is 1. The Kier molecular flexibility index (Phi) is 2.62. The monoisotopic (exact) mass is 237 g/mol. The van der Waals surface area contributed by atoms with E-state index >= 15 is 0 Å². The van der Waals surface area contributed by atoms with Crippen molar-refractivity contribution in [1.82, 2.24) is 9.38 Å². The topological polar surface area (TPSA) is 60.4 Å². The highest BCUT2D eigenvalue weighted by atomic mass is 35.5. The zero-order valence-electron chi connectivity index (χ0n) is 8.42. The second kappa shape index (κ2) is 3.94. The molecule has 0 unspecified atom stereocenters. The van der Waals surface area contributed by atoms with Crippen molar-refractivity contribution in [2.24, 2.45) is 0 Å². The third-order valence-electron chi connectivity index (χ3n) is 2.16. The molecule has 0 N–H and O–H groups in total. The van der Waals surface area contributed by atoms with Gasteiger partial charge in [-0.2, -0.15) is 0 Å². The van der Waals surface area contributed by atoms with E-state index in [-0.39, 0.29) is 10.9 Å². The molecule has 0 aliphatic carbocycles. The molecule has 0 radical (unpaired) electrons. The van der Waals surface area contributed by atoms with Crippen LogP contribution in [-0.2, 0) is 0 Å². The average Bonchev–Trinajstić information content (AvgIpc) is 2.55. The molecule has 16 heavy (non-hydrogen) atoms. The minimum atomic E-state index is -0.460. The summed E-state index contributed by atoms with van der Waals surface area (Å²) in [4.78, 5) is 14.2. The Morgan fingerprint density at radius 3 is 3.06 bits per heavy atom. The second-order valence-electron chi connectivity index (χ2n) is 3.26. The van der Waals surface area contributed by atoms with Gasteiger partial charge in [-0.15, -0.1) is 0 Å². The largest absolute Gasteiger partial charge is 0.298 e. The lowest BCUT2D eigenvalue weighted by Crippen LogP contribution is -1.94. The summed E-state index contributed by atoms with van der Waals surface area (Å²) in [6, 6.07) is 5.42. The first-order valence-corrected chi connectivity index (χ1v) is 4.92. The maximum Gasteiger partial charge on any atom is 0.245 e. The van der Waals surface area contributed by atoms with Crippen LogP contribution in [0.5, 0.6) is 0 Å². The zero-order valence-corrected chi connectivity index (χ0v) is 9.18. The van der Waals surface area contributed by atoms with Gasteiger partial charge >= 0.3 is 0 Å². The van der Waals surface area contributed by atoms with Crippen molar-refractivity contribution in [3.63, 3.8) is 0 Å². The Morgan fingerprint density at radius 2 is 2.38 bits per heavy atom. The predicted molar refractivity (Wildman–Crippen MR) is 60.8 cm³/mol. The van der Waals surface area contributed by atoms with Crippen molar-refractivity contribution >= 4 is 23.3 Å². The third kappa shape index (κ3) is 1.77. The quantitative estimate of drug-likeness (QED) is 0.596. The molecule has 0 fully saturated rings. The molecule has 0 aliphatic rings. The van der Waals surface area contributed by atoms with E-state index in [2.05, 4.69) is 4.98 Å². The van der Waals surface area contributed by atoms with Crippen molar-refractivity contribution in [1.29, 1.82) is 0 Å². The Bertz CT molecular complexity index is 589. The Morgan fingerprint density at radius 1 is 1.62 bits per heavy atom. The maximum atomic E-state index is 10.5. The van der Waals surface area contributed by atoms with E-state index in [1.165, 1.54) is 13.0 Å². The first kappa shape index (κ1) is 10.6. The summed E-state index contributed by atoms with van der Waals surface area (Å²) in [5.74, 6) is 0. The fraction of sp³-hybridized carbons (Fsp3) is 0.100. The van der Waals surface area contributed by atoms with Gasteiger partial charge in [0.05, 0.1) is 10.6 Å². The molecular formula is C10H8ClN3O2. The normalized spacial score (nSPS) is 12.0. The zero-order chi connectivity index (χ0) is 11.7. The number of nitrogens with zero attached hydrogens (tertiary/aromatic N) is 3. The molecule has 82 valence electrons. The fourth-order valence-electron chi connectivity index (χ4n) is 1.37. The lowest BCUT2D eigenvalue weighted by Gasteiger charge is -1.95. The highest BCUT2D eigenvalue weighted by Gasteiger charge is 2.11. The molecule has 2 heterocycles. The van der Waals surface area contributed by atoms with Gasteiger partial charge in [-0.1, -0.05) is 17.7 Å². The molecule has 0 saturated carbocycles. The van der Waals surface area contributed by atoms with Gasteiger partial charge in [0, 0.05) is 19.2 Å². The van der Waals surface area contributed by atoms with Crippen molar-refractivity contribution in [2.45, 2.75) is 6.92 Å². The summed E-state index contributed by atoms with van der Waals surface area (Å²) in [6.45, 7) is 1.42. The van der Waals surface area contributed by atoms with Gasteiger partial charge in [0.15, 0.2) is 5.15 Å². The van der Waals surface area contributed by atoms with E-state index in [0.29, 0.717) is 11.3 Å². The number of hydrogen-bond acceptors (Lipinski definition) is 3. The number of halogens is 1. The van der Waals surface area contributed by atoms with E-state index in [1.54, 1.807) is 16.7 Å². The molecule has 2 aromatic rings. The molecule has 0 spiro atoms. The van der Waals surface area contributed by atoms with Gasteiger partial charge in [0.2, 0.25) is 5.70 Å². The lowest BCUT2D eigenvalue weighted by atomic mass is 10.3. The highest BCUT2D eigenvalue weighted by molar-refractivity contribution is 6.31. The van der Waals surface area contributed by atoms with E-state index in [0.717, 1.165) is 0 Å². The maximum absolute atomic E-state index is 10.5. The number of aromatic nitrogens is 2. The van der Waals surface area contributed by atoms with E-state index < -0.39 is 4.92 Å². The van der Waals surface area contributed by atoms with Crippen molar-refractivity contribution in [2.75, 3.05) is 0 Å². The predicted octanol–water partition coefficient (Wildman–Crippen LogP) is 2.63. The van der Waals surface area contributed by atoms with Crippen LogP contribution in [0.4, 0.5) is 0 Å². The van der Waals surface area contributed by atoms with Crippen LogP contribution in [0.25, 0.3) is 11.7 Å². The number of rotatable bonds is 2. The number of pyridine rings is 1. The van der Waals surface area contributed by atoms with Crippen LogP contribution in [0.3, 0.4) is 0 Å². The standard InChI is InChI=1S/C10H8ClN3O2/c1-7(14(15)16)6-8-10(11)12-9-4-2-3-5-13(8)9/h2-6H,1H3. The molecule has 0 aliphatic heterocycles. The smallest absolute Gasteiger partial charge is 0.245 e. The Labute approximate surface area is 96.1 Å². The summed E-state index contributed by atoms with van der Waals surface area (Å²) in [7, 11) is 0. The van der Waals surface area contributed by atoms with Gasteiger partial charge in [-0.25, -0.2) is 4.98 Å². The summed E-state index contributed by atoms with van der Waals surface area (Å²) >= 11 is 5.92. The van der Waals surface area contributed by atoms with E-state index in [4.69, 9.17) is 11.6 Å². The molecule has 0 amide bonds. The Balaban J connectivity index is 2.64. The van der Waals surface area contributed by atoms with Crippen molar-refractivity contribution in [3.05, 3.63) is 51.1 Å². The molecule has 0 bridgehead atoms. The van der Waals surface area contributed by atoms with Crippen molar-refractivity contribution in [3.8, 4) is 0 Å². The van der Waals surface area contributed by atoms with Crippen LogP contribution >= 0.6 is 11.6 Å². The minimum absolute atomic E-state index is 0.0209. The summed E-state index contributed by atoms with van der Waals surface area (Å²) < 4.78 is 1.70. The number of allylic oxidation sites excluding steroid dienone is 1. The summed E-state index contributed by atoms with van der Waals surface area (Å²) in [6.07, 6.45) is 3.16. The molecule has 2 aromatic heterocycles. The van der Waals surface area contributed by atoms with Crippen LogP contribution in [0.2, 0.25) is 5.15 Å². The molecule has 0 aromatic carbocycles. The molecule has 0 saturated heterocycles. The number of fused-ring (bicyclic) bond motifs is 1. The lowest BCUT2D eigenvalue weighted by molar-refractivity contribution is -0.422. The van der Waals surface area contributed by atoms with Gasteiger partial charge in [0.1, 0.15) is 5.65 Å². The molecule has 5 nitrogen and oxygen atoms in total. The second-order valence-corrected chi connectivity index (χ2v) is 3.62. The third-order valence-corrected chi connectivity index (χ3v) is 2.43. The van der Waals surface area contributed by atoms with Gasteiger partial charge in [-0.05, 0) is 12.1 Å². The van der Waals surface area contributed by atoms with Gasteiger partial charge in [-0.3, -0.25) is 14.5 Å². The minimum Gasteiger partial charge on any atom is -0.298 e. The number of hydrogen-bond donors (Lipinski definition) is 0. The van der Waals surface area contributed by atoms with E-state index in [9.17, 15) is 10.1 Å². The first-order valence-electron chi connectivity index (χ1n) is 4.55. The van der Waals surface area contributed by atoms with Gasteiger partial charge in [0.25, 0.3) is 0 Å². The molecular weight excluding hydrogens is 230 g/mol. The van der Waals surface area contributed by atoms with E-state index in [1.807, 2.05) is 12.1 Å². The van der Waals surface area contributed by atoms with Crippen LogP contribution < -0.4 is 0 Å².